The summed E-state index contributed by atoms with van der Waals surface area (Å²) in [5.74, 6) is -0.167. The van der Waals surface area contributed by atoms with Gasteiger partial charge in [0.2, 0.25) is 5.91 Å². The van der Waals surface area contributed by atoms with E-state index in [0.29, 0.717) is 21.9 Å². The third-order valence-electron chi connectivity index (χ3n) is 3.81. The average Bonchev–Trinajstić information content (AvgIpc) is 2.82. The van der Waals surface area contributed by atoms with Gasteiger partial charge >= 0.3 is 6.03 Å². The Morgan fingerprint density at radius 3 is 2.48 bits per heavy atom. The van der Waals surface area contributed by atoms with Crippen molar-refractivity contribution in [1.82, 2.24) is 20.2 Å². The molecule has 0 aliphatic heterocycles. The number of amides is 3. The van der Waals surface area contributed by atoms with Crippen LogP contribution in [-0.2, 0) is 11.3 Å². The molecule has 0 aliphatic rings. The molecule has 2 aromatic heterocycles. The first-order valence-electron chi connectivity index (χ1n) is 8.83. The second-order valence-electron chi connectivity index (χ2n) is 7.13. The molecule has 0 saturated heterocycles. The Labute approximate surface area is 166 Å². The van der Waals surface area contributed by atoms with Gasteiger partial charge < -0.3 is 5.32 Å². The zero-order chi connectivity index (χ0) is 20.3. The highest BCUT2D eigenvalue weighted by Gasteiger charge is 2.18. The number of rotatable bonds is 6. The minimum absolute atomic E-state index is 0.00486. The lowest BCUT2D eigenvalue weighted by Crippen LogP contribution is -2.43. The maximum Gasteiger partial charge on any atom is 0.321 e. The maximum atomic E-state index is 13.0. The monoisotopic (exact) mass is 410 g/mol. The molecule has 27 heavy (non-hydrogen) atoms. The first-order chi connectivity index (χ1) is 12.6. The molecule has 2 aromatic rings. The van der Waals surface area contributed by atoms with Crippen molar-refractivity contribution in [1.29, 1.82) is 0 Å². The van der Waals surface area contributed by atoms with Gasteiger partial charge in [-0.1, -0.05) is 25.6 Å². The summed E-state index contributed by atoms with van der Waals surface area (Å²) in [6, 6.07) is -0.584. The van der Waals surface area contributed by atoms with Crippen molar-refractivity contribution < 1.29 is 9.59 Å². The molecular formula is C18H26N4O3S2. The van der Waals surface area contributed by atoms with E-state index in [2.05, 4.69) is 15.6 Å². The number of fused-ring (bicyclic) bond motifs is 1. The Kier molecular flexibility index (Phi) is 7.05. The fraction of sp³-hybridized carbons (Fsp3) is 0.556. The van der Waals surface area contributed by atoms with Gasteiger partial charge in [0.05, 0.1) is 11.1 Å². The summed E-state index contributed by atoms with van der Waals surface area (Å²) in [4.78, 5) is 43.1. The van der Waals surface area contributed by atoms with Crippen LogP contribution >= 0.6 is 23.1 Å². The van der Waals surface area contributed by atoms with Crippen LogP contribution in [0.5, 0.6) is 0 Å². The predicted molar refractivity (Wildman–Crippen MR) is 111 cm³/mol. The second kappa shape index (κ2) is 8.88. The molecule has 7 nitrogen and oxygen atoms in total. The number of imide groups is 1. The molecule has 0 fully saturated rings. The van der Waals surface area contributed by atoms with E-state index in [1.54, 1.807) is 4.57 Å². The van der Waals surface area contributed by atoms with E-state index < -0.39 is 11.9 Å². The quantitative estimate of drug-likeness (QED) is 0.564. The smallest absolute Gasteiger partial charge is 0.321 e. The fourth-order valence-electron chi connectivity index (χ4n) is 2.54. The van der Waals surface area contributed by atoms with Gasteiger partial charge in [0.1, 0.15) is 4.83 Å². The van der Waals surface area contributed by atoms with E-state index in [9.17, 15) is 14.4 Å². The number of urea groups is 1. The van der Waals surface area contributed by atoms with E-state index in [-0.39, 0.29) is 23.3 Å². The van der Waals surface area contributed by atoms with Crippen molar-refractivity contribution in [3.63, 3.8) is 0 Å². The van der Waals surface area contributed by atoms with E-state index in [0.717, 1.165) is 10.4 Å². The van der Waals surface area contributed by atoms with Gasteiger partial charge in [0, 0.05) is 17.5 Å². The molecule has 0 aromatic carbocycles. The van der Waals surface area contributed by atoms with E-state index in [1.165, 1.54) is 23.1 Å². The number of aryl methyl sites for hydroxylation is 2. The maximum absolute atomic E-state index is 13.0. The summed E-state index contributed by atoms with van der Waals surface area (Å²) in [6.45, 7) is 12.1. The Hall–Kier alpha value is -1.87. The van der Waals surface area contributed by atoms with Crippen molar-refractivity contribution >= 4 is 45.3 Å². The Morgan fingerprint density at radius 1 is 1.22 bits per heavy atom. The molecule has 2 N–H and O–H groups in total. The number of hydrogen-bond donors (Lipinski definition) is 2. The Bertz CT molecular complexity index is 915. The number of aromatic nitrogens is 2. The number of hydrogen-bond acceptors (Lipinski definition) is 6. The molecule has 0 atom stereocenters. The Morgan fingerprint density at radius 2 is 1.89 bits per heavy atom. The minimum Gasteiger partial charge on any atom is -0.336 e. The first kappa shape index (κ1) is 21.4. The van der Waals surface area contributed by atoms with E-state index in [1.807, 2.05) is 41.5 Å². The molecule has 148 valence electrons. The molecular weight excluding hydrogens is 384 g/mol. The number of carbonyl (C=O) groups is 2. The van der Waals surface area contributed by atoms with Gasteiger partial charge in [-0.2, -0.15) is 0 Å². The highest BCUT2D eigenvalue weighted by atomic mass is 32.2. The molecule has 9 heteroatoms. The SMILES string of the molecule is Cc1sc2nc(SCC(=O)NC(=O)NC(C)C)n(CC(C)C)c(=O)c2c1C. The van der Waals surface area contributed by atoms with Crippen molar-refractivity contribution in [2.75, 3.05) is 5.75 Å². The highest BCUT2D eigenvalue weighted by molar-refractivity contribution is 7.99. The van der Waals surface area contributed by atoms with E-state index in [4.69, 9.17) is 0 Å². The number of nitrogens with one attached hydrogen (secondary N) is 2. The van der Waals surface area contributed by atoms with Crippen LogP contribution in [0.2, 0.25) is 0 Å². The average molecular weight is 411 g/mol. The summed E-state index contributed by atoms with van der Waals surface area (Å²) < 4.78 is 1.64. The van der Waals surface area contributed by atoms with Crippen LogP contribution in [0.4, 0.5) is 4.79 Å². The van der Waals surface area contributed by atoms with Crippen LogP contribution in [0.1, 0.15) is 38.1 Å². The standard InChI is InChI=1S/C18H26N4O3S2/c1-9(2)7-22-16(24)14-11(5)12(6)27-15(14)21-18(22)26-8-13(23)20-17(25)19-10(3)4/h9-10H,7-8H2,1-6H3,(H2,19,20,23,25). The topological polar surface area (TPSA) is 93.1 Å². The zero-order valence-corrected chi connectivity index (χ0v) is 18.1. The van der Waals surface area contributed by atoms with Gasteiger partial charge in [0.25, 0.3) is 5.56 Å². The van der Waals surface area contributed by atoms with Crippen LogP contribution in [0.15, 0.2) is 9.95 Å². The predicted octanol–water partition coefficient (Wildman–Crippen LogP) is 3.06. The lowest BCUT2D eigenvalue weighted by Gasteiger charge is -2.14. The van der Waals surface area contributed by atoms with Crippen LogP contribution in [-0.4, -0.2) is 33.3 Å². The lowest BCUT2D eigenvalue weighted by atomic mass is 10.2. The van der Waals surface area contributed by atoms with Crippen molar-refractivity contribution in [2.45, 2.75) is 59.3 Å². The lowest BCUT2D eigenvalue weighted by molar-refractivity contribution is -0.117. The summed E-state index contributed by atoms with van der Waals surface area (Å²) in [6.07, 6.45) is 0. The van der Waals surface area contributed by atoms with Crippen molar-refractivity contribution in [2.24, 2.45) is 5.92 Å². The molecule has 2 rings (SSSR count). The molecule has 0 spiro atoms. The second-order valence-corrected chi connectivity index (χ2v) is 9.28. The van der Waals surface area contributed by atoms with Crippen molar-refractivity contribution in [3.8, 4) is 0 Å². The first-order valence-corrected chi connectivity index (χ1v) is 10.6. The van der Waals surface area contributed by atoms with Gasteiger partial charge in [-0.05, 0) is 39.2 Å². The highest BCUT2D eigenvalue weighted by Crippen LogP contribution is 2.28. The van der Waals surface area contributed by atoms with Crippen molar-refractivity contribution in [3.05, 3.63) is 20.8 Å². The molecule has 0 radical (unpaired) electrons. The summed E-state index contributed by atoms with van der Waals surface area (Å²) in [5, 5.41) is 6.04. The van der Waals surface area contributed by atoms with Crippen LogP contribution in [0.3, 0.4) is 0 Å². The van der Waals surface area contributed by atoms with Crippen LogP contribution in [0.25, 0.3) is 10.2 Å². The van der Waals surface area contributed by atoms with Gasteiger partial charge in [-0.3, -0.25) is 19.5 Å². The van der Waals surface area contributed by atoms with Gasteiger partial charge in [0.15, 0.2) is 5.16 Å². The van der Waals surface area contributed by atoms with Gasteiger partial charge in [-0.25, -0.2) is 9.78 Å². The van der Waals surface area contributed by atoms with Gasteiger partial charge in [-0.15, -0.1) is 11.3 Å². The van der Waals surface area contributed by atoms with Crippen LogP contribution in [0, 0.1) is 19.8 Å². The van der Waals surface area contributed by atoms with Crippen LogP contribution < -0.4 is 16.2 Å². The molecule has 0 saturated carbocycles. The zero-order valence-electron chi connectivity index (χ0n) is 16.5. The number of thiophene rings is 1. The minimum atomic E-state index is -0.525. The third-order valence-corrected chi connectivity index (χ3v) is 5.88. The normalized spacial score (nSPS) is 11.4. The Balaban J connectivity index is 2.27. The largest absolute Gasteiger partial charge is 0.336 e. The summed E-state index contributed by atoms with van der Waals surface area (Å²) >= 11 is 2.65. The molecule has 0 aliphatic carbocycles. The number of thioether (sulfide) groups is 1. The summed E-state index contributed by atoms with van der Waals surface area (Å²) in [7, 11) is 0. The molecule has 0 unspecified atom stereocenters. The summed E-state index contributed by atoms with van der Waals surface area (Å²) in [5.41, 5.74) is 0.890. The third kappa shape index (κ3) is 5.32. The van der Waals surface area contributed by atoms with E-state index >= 15 is 0 Å². The fourth-order valence-corrected chi connectivity index (χ4v) is 4.42. The number of nitrogens with zero attached hydrogens (tertiary/aromatic N) is 2. The number of carbonyl (C=O) groups excluding carboxylic acids is 2. The molecule has 0 bridgehead atoms. The molecule has 3 amide bonds. The molecule has 2 heterocycles.